The van der Waals surface area contributed by atoms with E-state index in [1.54, 1.807) is 48.5 Å². The van der Waals surface area contributed by atoms with E-state index in [2.05, 4.69) is 5.32 Å². The van der Waals surface area contributed by atoms with Crippen LogP contribution in [-0.4, -0.2) is 63.4 Å². The zero-order chi connectivity index (χ0) is 32.1. The summed E-state index contributed by atoms with van der Waals surface area (Å²) in [5.74, 6) is -0.918. The van der Waals surface area contributed by atoms with E-state index in [0.29, 0.717) is 45.9 Å². The molecule has 5 N–H and O–H groups in total. The normalized spacial score (nSPS) is 16.2. The van der Waals surface area contributed by atoms with Gasteiger partial charge >= 0.3 is 15.6 Å². The minimum atomic E-state index is -4.90. The summed E-state index contributed by atoms with van der Waals surface area (Å²) in [6.45, 7) is 0.119. The van der Waals surface area contributed by atoms with Gasteiger partial charge in [0.15, 0.2) is 0 Å². The van der Waals surface area contributed by atoms with Gasteiger partial charge in [0, 0.05) is 47.8 Å². The van der Waals surface area contributed by atoms with Gasteiger partial charge < -0.3 is 18.8 Å². The molecule has 0 aromatic heterocycles. The van der Waals surface area contributed by atoms with E-state index >= 15 is 0 Å². The second-order valence-electron chi connectivity index (χ2n) is 10.7. The van der Waals surface area contributed by atoms with Crippen LogP contribution in [0.5, 0.6) is 11.5 Å². The van der Waals surface area contributed by atoms with E-state index in [-0.39, 0.29) is 54.7 Å². The first-order valence-corrected chi connectivity index (χ1v) is 17.4. The van der Waals surface area contributed by atoms with Crippen LogP contribution < -0.4 is 24.2 Å². The van der Waals surface area contributed by atoms with Gasteiger partial charge in [0.25, 0.3) is 0 Å². The first kappa shape index (κ1) is 31.5. The van der Waals surface area contributed by atoms with E-state index in [9.17, 15) is 38.3 Å². The fourth-order valence-electron chi connectivity index (χ4n) is 6.14. The van der Waals surface area contributed by atoms with Gasteiger partial charge in [-0.25, -0.2) is 9.13 Å². The summed E-state index contributed by atoms with van der Waals surface area (Å²) in [4.78, 5) is 67.5. The van der Waals surface area contributed by atoms with E-state index in [1.807, 2.05) is 0 Å². The molecule has 13 nitrogen and oxygen atoms in total. The second-order valence-corrected chi connectivity index (χ2v) is 13.3. The number of carbonyl (C=O) groups excluding carboxylic acids is 2. The Hall–Kier alpha value is -3.51. The zero-order valence-corrected chi connectivity index (χ0v) is 26.0. The van der Waals surface area contributed by atoms with Crippen LogP contribution in [0.1, 0.15) is 17.0 Å². The quantitative estimate of drug-likeness (QED) is 0.128. The maximum atomic E-state index is 13.4. The van der Waals surface area contributed by atoms with Crippen LogP contribution in [0, 0.1) is 0 Å². The van der Waals surface area contributed by atoms with Crippen molar-refractivity contribution in [2.24, 2.45) is 0 Å². The minimum absolute atomic E-state index is 0.0447. The van der Waals surface area contributed by atoms with Crippen molar-refractivity contribution < 1.29 is 47.3 Å². The molecule has 6 rings (SSSR count). The summed E-state index contributed by atoms with van der Waals surface area (Å²) in [6, 6.07) is 16.8. The molecule has 4 aromatic rings. The average molecular weight is 676 g/mol. The summed E-state index contributed by atoms with van der Waals surface area (Å²) in [6.07, 6.45) is 0.522. The molecule has 0 radical (unpaired) electrons. The van der Waals surface area contributed by atoms with Crippen molar-refractivity contribution in [3.63, 3.8) is 0 Å². The molecule has 45 heavy (non-hydrogen) atoms. The molecule has 0 spiro atoms. The van der Waals surface area contributed by atoms with Crippen LogP contribution in [0.4, 0.5) is 11.4 Å². The average Bonchev–Trinajstić information content (AvgIpc) is 3.57. The largest absolute Gasteiger partial charge is 0.524 e. The van der Waals surface area contributed by atoms with Crippen molar-refractivity contribution >= 4 is 72.0 Å². The van der Waals surface area contributed by atoms with Gasteiger partial charge in [-0.1, -0.05) is 48.5 Å². The molecule has 4 aromatic carbocycles. The number of phosphoric acid groups is 2. The molecule has 2 aliphatic heterocycles. The molecule has 0 saturated heterocycles. The lowest BCUT2D eigenvalue weighted by atomic mass is 9.95. The fourth-order valence-corrected chi connectivity index (χ4v) is 7.21. The van der Waals surface area contributed by atoms with Crippen molar-refractivity contribution in [1.82, 2.24) is 5.32 Å². The zero-order valence-electron chi connectivity index (χ0n) is 23.5. The van der Waals surface area contributed by atoms with Crippen LogP contribution >= 0.6 is 27.2 Å². The van der Waals surface area contributed by atoms with Crippen LogP contribution in [0.15, 0.2) is 60.7 Å². The Morgan fingerprint density at radius 2 is 1.31 bits per heavy atom. The highest BCUT2D eigenvalue weighted by atomic mass is 35.5. The fraction of sp³-hybridized carbons (Fsp3) is 0.241. The minimum Gasteiger partial charge on any atom is -0.404 e. The Kier molecular flexibility index (Phi) is 8.40. The molecular formula is C29H28ClN3O10P2. The van der Waals surface area contributed by atoms with E-state index in [0.717, 1.165) is 11.1 Å². The number of nitrogens with one attached hydrogen (secondary N) is 1. The van der Waals surface area contributed by atoms with Crippen molar-refractivity contribution in [3.8, 4) is 11.5 Å². The highest BCUT2D eigenvalue weighted by Gasteiger charge is 2.36. The van der Waals surface area contributed by atoms with Crippen LogP contribution in [0.25, 0.3) is 21.5 Å². The number of fused-ring (bicyclic) bond motifs is 6. The molecule has 0 aliphatic carbocycles. The number of nitrogens with zero attached hydrogens (tertiary/aromatic N) is 2. The highest BCUT2D eigenvalue weighted by Crippen LogP contribution is 2.49. The Bertz CT molecular complexity index is 1950. The second kappa shape index (κ2) is 12.0. The number of amides is 2. The molecule has 0 saturated carbocycles. The number of halogens is 1. The molecule has 16 heteroatoms. The predicted molar refractivity (Wildman–Crippen MR) is 168 cm³/mol. The number of hydrogen-bond donors (Lipinski definition) is 5. The SMILES string of the molecule is O=C(CNCC(=O)N1CC(CCl)c2c1cc(OP(=O)(O)O)c1ccccc21)N1CCc2c1cc(OP(=O)(O)O)c1ccccc21. The lowest BCUT2D eigenvalue weighted by molar-refractivity contribution is -0.118. The summed E-state index contributed by atoms with van der Waals surface area (Å²) in [7, 11) is -9.77. The van der Waals surface area contributed by atoms with Crippen LogP contribution in [0.2, 0.25) is 0 Å². The van der Waals surface area contributed by atoms with Gasteiger partial charge in [-0.05, 0) is 28.3 Å². The van der Waals surface area contributed by atoms with Gasteiger partial charge in [0.2, 0.25) is 11.8 Å². The van der Waals surface area contributed by atoms with Crippen molar-refractivity contribution in [2.45, 2.75) is 12.3 Å². The predicted octanol–water partition coefficient (Wildman–Crippen LogP) is 3.78. The molecule has 2 aliphatic rings. The Balaban J connectivity index is 1.20. The molecular weight excluding hydrogens is 648 g/mol. The van der Waals surface area contributed by atoms with Gasteiger partial charge in [-0.15, -0.1) is 11.6 Å². The lowest BCUT2D eigenvalue weighted by Gasteiger charge is -2.21. The molecule has 236 valence electrons. The van der Waals surface area contributed by atoms with E-state index < -0.39 is 15.6 Å². The smallest absolute Gasteiger partial charge is 0.404 e. The van der Waals surface area contributed by atoms with Crippen molar-refractivity contribution in [1.29, 1.82) is 0 Å². The monoisotopic (exact) mass is 675 g/mol. The van der Waals surface area contributed by atoms with Crippen LogP contribution in [-0.2, 0) is 25.1 Å². The highest BCUT2D eigenvalue weighted by molar-refractivity contribution is 7.47. The maximum absolute atomic E-state index is 13.4. The molecule has 0 bridgehead atoms. The van der Waals surface area contributed by atoms with Crippen LogP contribution in [0.3, 0.4) is 0 Å². The first-order chi connectivity index (χ1) is 21.3. The molecule has 2 heterocycles. The van der Waals surface area contributed by atoms with Gasteiger partial charge in [0.1, 0.15) is 11.5 Å². The van der Waals surface area contributed by atoms with E-state index in [4.69, 9.17) is 20.6 Å². The first-order valence-electron chi connectivity index (χ1n) is 13.8. The topological polar surface area (TPSA) is 186 Å². The maximum Gasteiger partial charge on any atom is 0.524 e. The molecule has 0 fully saturated rings. The molecule has 2 amide bonds. The summed E-state index contributed by atoms with van der Waals surface area (Å²) < 4.78 is 33.3. The van der Waals surface area contributed by atoms with Crippen molar-refractivity contribution in [2.75, 3.05) is 41.9 Å². The number of carbonyl (C=O) groups is 2. The molecule has 1 atom stereocenters. The summed E-state index contributed by atoms with van der Waals surface area (Å²) >= 11 is 6.28. The van der Waals surface area contributed by atoms with E-state index in [1.165, 1.54) is 21.9 Å². The number of rotatable bonds is 9. The lowest BCUT2D eigenvalue weighted by Crippen LogP contribution is -2.42. The van der Waals surface area contributed by atoms with Gasteiger partial charge in [-0.3, -0.25) is 34.5 Å². The number of benzene rings is 4. The Morgan fingerprint density at radius 1 is 0.800 bits per heavy atom. The number of phosphoric ester groups is 2. The summed E-state index contributed by atoms with van der Waals surface area (Å²) in [5.41, 5.74) is 2.49. The standard InChI is InChI=1S/C29H28ClN3O10P2/c30-13-17-16-33(24-12-26(43-45(39,40)41)21-7-3-4-8-22(21)29(17)24)28(35)15-31-14-27(34)32-10-9-19-18-5-1-2-6-20(18)25(11-23(19)32)42-44(36,37)38/h1-8,11-12,17,31H,9-10,13-16H2,(H2,36,37,38)(H2,39,40,41). The third-order valence-electron chi connectivity index (χ3n) is 7.87. The third kappa shape index (κ3) is 6.31. The Morgan fingerprint density at radius 3 is 1.89 bits per heavy atom. The number of anilines is 2. The van der Waals surface area contributed by atoms with Gasteiger partial charge in [-0.2, -0.15) is 0 Å². The van der Waals surface area contributed by atoms with Gasteiger partial charge in [0.05, 0.1) is 24.5 Å². The Labute approximate surface area is 261 Å². The number of alkyl halides is 1. The molecule has 1 unspecified atom stereocenters. The van der Waals surface area contributed by atoms with Crippen molar-refractivity contribution in [3.05, 3.63) is 71.8 Å². The summed E-state index contributed by atoms with van der Waals surface area (Å²) in [5, 5.41) is 5.25. The third-order valence-corrected chi connectivity index (χ3v) is 9.12. The number of hydrogen-bond acceptors (Lipinski definition) is 7.